The van der Waals surface area contributed by atoms with E-state index in [2.05, 4.69) is 10.4 Å². The Kier molecular flexibility index (Phi) is 6.03. The number of hydrogen-bond acceptors (Lipinski definition) is 5. The van der Waals surface area contributed by atoms with Gasteiger partial charge in [0.1, 0.15) is 6.54 Å². The molecule has 27 heavy (non-hydrogen) atoms. The quantitative estimate of drug-likeness (QED) is 0.785. The van der Waals surface area contributed by atoms with Crippen molar-refractivity contribution in [2.24, 2.45) is 0 Å². The van der Waals surface area contributed by atoms with Crippen LogP contribution in [0.25, 0.3) is 0 Å². The number of carbonyl (C=O) groups is 3. The maximum Gasteiger partial charge on any atom is 0.328 e. The van der Waals surface area contributed by atoms with Crippen molar-refractivity contribution in [2.75, 3.05) is 38.1 Å². The van der Waals surface area contributed by atoms with Crippen molar-refractivity contribution in [3.63, 3.8) is 0 Å². The molecule has 1 aromatic heterocycles. The van der Waals surface area contributed by atoms with Gasteiger partial charge < -0.3 is 19.9 Å². The summed E-state index contributed by atoms with van der Waals surface area (Å²) in [5.74, 6) is -0.792. The second-order valence-electron chi connectivity index (χ2n) is 6.03. The third kappa shape index (κ3) is 5.30. The number of aromatic nitrogens is 2. The third-order valence-electron chi connectivity index (χ3n) is 4.15. The molecule has 1 saturated heterocycles. The third-order valence-corrected chi connectivity index (χ3v) is 4.15. The zero-order valence-corrected chi connectivity index (χ0v) is 14.8. The minimum Gasteiger partial charge on any atom is -0.454 e. The van der Waals surface area contributed by atoms with Crippen LogP contribution >= 0.6 is 0 Å². The molecule has 3 rings (SSSR count). The average Bonchev–Trinajstić information content (AvgIpc) is 3.20. The number of benzene rings is 1. The van der Waals surface area contributed by atoms with Crippen LogP contribution < -0.4 is 5.32 Å². The van der Waals surface area contributed by atoms with Crippen molar-refractivity contribution in [1.29, 1.82) is 0 Å². The van der Waals surface area contributed by atoms with E-state index in [0.29, 0.717) is 26.2 Å². The highest BCUT2D eigenvalue weighted by atomic mass is 16.5. The number of urea groups is 1. The van der Waals surface area contributed by atoms with Gasteiger partial charge in [-0.2, -0.15) is 5.10 Å². The molecule has 9 nitrogen and oxygen atoms in total. The van der Waals surface area contributed by atoms with Gasteiger partial charge in [0.05, 0.1) is 0 Å². The standard InChI is InChI=1S/C18H21N5O4/c24-16(14-27-17(25)13-23-8-4-7-19-23)21-9-11-22(12-10-21)18(26)20-15-5-2-1-3-6-15/h1-8H,9-14H2,(H,20,26). The first-order chi connectivity index (χ1) is 13.1. The fraction of sp³-hybridized carbons (Fsp3) is 0.333. The van der Waals surface area contributed by atoms with Gasteiger partial charge in [0.15, 0.2) is 6.61 Å². The first-order valence-electron chi connectivity index (χ1n) is 8.63. The minimum absolute atomic E-state index is 0.0340. The van der Waals surface area contributed by atoms with Gasteiger partial charge in [-0.3, -0.25) is 14.3 Å². The van der Waals surface area contributed by atoms with Gasteiger partial charge in [-0.1, -0.05) is 18.2 Å². The first-order valence-corrected chi connectivity index (χ1v) is 8.63. The molecule has 0 spiro atoms. The van der Waals surface area contributed by atoms with Crippen LogP contribution in [0.1, 0.15) is 0 Å². The predicted molar refractivity (Wildman–Crippen MR) is 96.8 cm³/mol. The number of nitrogens with one attached hydrogen (secondary N) is 1. The summed E-state index contributed by atoms with van der Waals surface area (Å²) in [6.07, 6.45) is 3.20. The molecule has 0 radical (unpaired) electrons. The number of ether oxygens (including phenoxy) is 1. The molecular weight excluding hydrogens is 350 g/mol. The van der Waals surface area contributed by atoms with E-state index >= 15 is 0 Å². The van der Waals surface area contributed by atoms with Crippen molar-refractivity contribution in [1.82, 2.24) is 19.6 Å². The number of hydrogen-bond donors (Lipinski definition) is 1. The number of para-hydroxylation sites is 1. The summed E-state index contributed by atoms with van der Waals surface area (Å²) in [4.78, 5) is 39.4. The summed E-state index contributed by atoms with van der Waals surface area (Å²) in [5.41, 5.74) is 0.727. The number of carbonyl (C=O) groups excluding carboxylic acids is 3. The van der Waals surface area contributed by atoms with Gasteiger partial charge >= 0.3 is 12.0 Å². The molecule has 0 saturated carbocycles. The summed E-state index contributed by atoms with van der Waals surface area (Å²) in [5, 5.41) is 6.73. The van der Waals surface area contributed by atoms with Crippen molar-refractivity contribution >= 4 is 23.6 Å². The summed E-state index contributed by atoms with van der Waals surface area (Å²) in [6.45, 7) is 1.30. The molecular formula is C18H21N5O4. The number of amides is 3. The van der Waals surface area contributed by atoms with Gasteiger partial charge in [-0.05, 0) is 18.2 Å². The fourth-order valence-corrected chi connectivity index (χ4v) is 2.69. The lowest BCUT2D eigenvalue weighted by Crippen LogP contribution is -2.52. The van der Waals surface area contributed by atoms with Crippen LogP contribution in [-0.4, -0.2) is 70.3 Å². The van der Waals surface area contributed by atoms with Crippen molar-refractivity contribution in [3.05, 3.63) is 48.8 Å². The van der Waals surface area contributed by atoms with Crippen LogP contribution in [0.2, 0.25) is 0 Å². The lowest BCUT2D eigenvalue weighted by Gasteiger charge is -2.34. The molecule has 9 heteroatoms. The van der Waals surface area contributed by atoms with E-state index in [-0.39, 0.29) is 25.1 Å². The average molecular weight is 371 g/mol. The van der Waals surface area contributed by atoms with Crippen molar-refractivity contribution < 1.29 is 19.1 Å². The Morgan fingerprint density at radius 3 is 2.37 bits per heavy atom. The summed E-state index contributed by atoms with van der Waals surface area (Å²) >= 11 is 0. The van der Waals surface area contributed by atoms with Gasteiger partial charge in [0.25, 0.3) is 5.91 Å². The van der Waals surface area contributed by atoms with E-state index in [9.17, 15) is 14.4 Å². The molecule has 0 atom stereocenters. The predicted octanol–water partition coefficient (Wildman–Crippen LogP) is 0.803. The Morgan fingerprint density at radius 1 is 1.00 bits per heavy atom. The number of esters is 1. The molecule has 2 aromatic rings. The number of anilines is 1. The van der Waals surface area contributed by atoms with Crippen LogP contribution in [0.4, 0.5) is 10.5 Å². The van der Waals surface area contributed by atoms with Crippen molar-refractivity contribution in [2.45, 2.75) is 6.54 Å². The van der Waals surface area contributed by atoms with E-state index in [4.69, 9.17) is 4.74 Å². The summed E-state index contributed by atoms with van der Waals surface area (Å²) in [6, 6.07) is 10.7. The highest BCUT2D eigenvalue weighted by Crippen LogP contribution is 2.09. The second kappa shape index (κ2) is 8.84. The van der Waals surface area contributed by atoms with E-state index < -0.39 is 5.97 Å². The molecule has 0 aliphatic carbocycles. The molecule has 3 amide bonds. The Morgan fingerprint density at radius 2 is 1.70 bits per heavy atom. The lowest BCUT2D eigenvalue weighted by molar-refractivity contribution is -0.153. The Bertz CT molecular complexity index is 770. The Balaban J connectivity index is 1.38. The van der Waals surface area contributed by atoms with Crippen LogP contribution in [0, 0.1) is 0 Å². The highest BCUT2D eigenvalue weighted by Gasteiger charge is 2.24. The molecule has 1 fully saturated rings. The molecule has 2 heterocycles. The fourth-order valence-electron chi connectivity index (χ4n) is 2.69. The molecule has 0 unspecified atom stereocenters. The SMILES string of the molecule is O=C(Cn1cccn1)OCC(=O)N1CCN(C(=O)Nc2ccccc2)CC1. The van der Waals surface area contributed by atoms with Gasteiger partial charge in [-0.25, -0.2) is 4.79 Å². The lowest BCUT2D eigenvalue weighted by atomic mass is 10.3. The van der Waals surface area contributed by atoms with Gasteiger partial charge in [-0.15, -0.1) is 0 Å². The van der Waals surface area contributed by atoms with E-state index in [1.54, 1.807) is 28.3 Å². The van der Waals surface area contributed by atoms with E-state index in [1.807, 2.05) is 30.3 Å². The monoisotopic (exact) mass is 371 g/mol. The molecule has 142 valence electrons. The Hall–Kier alpha value is -3.36. The topological polar surface area (TPSA) is 96.8 Å². The molecule has 1 aliphatic heterocycles. The highest BCUT2D eigenvalue weighted by molar-refractivity contribution is 5.89. The van der Waals surface area contributed by atoms with Gasteiger partial charge in [0, 0.05) is 44.3 Å². The zero-order valence-electron chi connectivity index (χ0n) is 14.8. The van der Waals surface area contributed by atoms with Crippen LogP contribution in [0.15, 0.2) is 48.8 Å². The smallest absolute Gasteiger partial charge is 0.328 e. The maximum atomic E-state index is 12.2. The second-order valence-corrected chi connectivity index (χ2v) is 6.03. The minimum atomic E-state index is -0.520. The molecule has 0 bridgehead atoms. The number of rotatable bonds is 5. The van der Waals surface area contributed by atoms with Crippen LogP contribution in [-0.2, 0) is 20.9 Å². The zero-order chi connectivity index (χ0) is 19.1. The number of piperazine rings is 1. The largest absolute Gasteiger partial charge is 0.454 e. The first kappa shape index (κ1) is 18.4. The number of nitrogens with zero attached hydrogens (tertiary/aromatic N) is 4. The summed E-state index contributed by atoms with van der Waals surface area (Å²) < 4.78 is 6.43. The van der Waals surface area contributed by atoms with Crippen LogP contribution in [0.5, 0.6) is 0 Å². The van der Waals surface area contributed by atoms with Crippen LogP contribution in [0.3, 0.4) is 0 Å². The molecule has 1 aliphatic rings. The van der Waals surface area contributed by atoms with E-state index in [1.165, 1.54) is 4.68 Å². The molecule has 1 N–H and O–H groups in total. The normalized spacial score (nSPS) is 13.9. The summed E-state index contributed by atoms with van der Waals surface area (Å²) in [7, 11) is 0. The van der Waals surface area contributed by atoms with Crippen molar-refractivity contribution in [3.8, 4) is 0 Å². The maximum absolute atomic E-state index is 12.2. The molecule has 1 aromatic carbocycles. The van der Waals surface area contributed by atoms with E-state index in [0.717, 1.165) is 5.69 Å². The van der Waals surface area contributed by atoms with Gasteiger partial charge in [0.2, 0.25) is 0 Å². The Labute approximate surface area is 156 Å².